The van der Waals surface area contributed by atoms with E-state index in [9.17, 15) is 9.18 Å². The lowest BCUT2D eigenvalue weighted by molar-refractivity contribution is -0.114. The lowest BCUT2D eigenvalue weighted by Gasteiger charge is -2.21. The molecule has 1 amide bonds. The zero-order valence-corrected chi connectivity index (χ0v) is 19.2. The van der Waals surface area contributed by atoms with Crippen LogP contribution in [-0.2, 0) is 14.3 Å². The summed E-state index contributed by atoms with van der Waals surface area (Å²) in [6.45, 7) is 6.45. The molecule has 29 heavy (non-hydrogen) atoms. The number of carbonyl (C=O) groups is 1. The largest absolute Gasteiger partial charge is 0.381 e. The third-order valence-corrected chi connectivity index (χ3v) is 4.29. The number of ether oxygens (including phenoxy) is 2. The van der Waals surface area contributed by atoms with Crippen molar-refractivity contribution in [3.63, 3.8) is 0 Å². The number of guanidine groups is 1. The van der Waals surface area contributed by atoms with E-state index < -0.39 is 5.82 Å². The van der Waals surface area contributed by atoms with Gasteiger partial charge >= 0.3 is 0 Å². The summed E-state index contributed by atoms with van der Waals surface area (Å²) < 4.78 is 24.2. The molecule has 9 heteroatoms. The molecule has 1 heterocycles. The predicted molar refractivity (Wildman–Crippen MR) is 123 cm³/mol. The number of aliphatic imine (C=N–C) groups is 1. The molecule has 1 aliphatic heterocycles. The summed E-state index contributed by atoms with van der Waals surface area (Å²) in [6, 6.07) is 5.78. The maximum atomic E-state index is 13.2. The molecule has 0 bridgehead atoms. The molecule has 164 valence electrons. The summed E-state index contributed by atoms with van der Waals surface area (Å²) >= 11 is 0. The molecule has 1 saturated heterocycles. The summed E-state index contributed by atoms with van der Waals surface area (Å²) in [5.41, 5.74) is 0.417. The zero-order chi connectivity index (χ0) is 20.0. The first-order chi connectivity index (χ1) is 13.7. The minimum Gasteiger partial charge on any atom is -0.381 e. The number of halogens is 2. The second-order valence-corrected chi connectivity index (χ2v) is 6.66. The lowest BCUT2D eigenvalue weighted by Crippen LogP contribution is -2.38. The molecule has 0 radical (unpaired) electrons. The maximum Gasteiger partial charge on any atom is 0.246 e. The fraction of sp³-hybridized carbons (Fsp3) is 0.600. The van der Waals surface area contributed by atoms with E-state index in [0.29, 0.717) is 37.3 Å². The van der Waals surface area contributed by atoms with Crippen LogP contribution in [0.2, 0.25) is 0 Å². The Hall–Kier alpha value is -1.46. The highest BCUT2D eigenvalue weighted by molar-refractivity contribution is 14.0. The van der Waals surface area contributed by atoms with Crippen molar-refractivity contribution in [1.82, 2.24) is 10.6 Å². The molecule has 0 atom stereocenters. The van der Waals surface area contributed by atoms with E-state index in [0.717, 1.165) is 39.1 Å². The van der Waals surface area contributed by atoms with Crippen LogP contribution >= 0.6 is 24.0 Å². The molecule has 1 aromatic rings. The molecular weight excluding hydrogens is 490 g/mol. The summed E-state index contributed by atoms with van der Waals surface area (Å²) in [5.74, 6) is 0.483. The molecule has 7 nitrogen and oxygen atoms in total. The van der Waals surface area contributed by atoms with Crippen LogP contribution < -0.4 is 16.0 Å². The minimum atomic E-state index is -0.393. The highest BCUT2D eigenvalue weighted by Crippen LogP contribution is 2.14. The van der Waals surface area contributed by atoms with Gasteiger partial charge in [-0.1, -0.05) is 6.07 Å². The van der Waals surface area contributed by atoms with Crippen molar-refractivity contribution in [3.05, 3.63) is 30.1 Å². The molecule has 0 spiro atoms. The van der Waals surface area contributed by atoms with Gasteiger partial charge in [0, 0.05) is 45.2 Å². The fourth-order valence-corrected chi connectivity index (χ4v) is 2.80. The van der Waals surface area contributed by atoms with Crippen LogP contribution in [0.3, 0.4) is 0 Å². The lowest BCUT2D eigenvalue weighted by atomic mass is 10.0. The molecule has 0 aliphatic carbocycles. The van der Waals surface area contributed by atoms with Gasteiger partial charge in [-0.15, -0.1) is 24.0 Å². The van der Waals surface area contributed by atoms with E-state index in [1.807, 2.05) is 6.92 Å². The van der Waals surface area contributed by atoms with Gasteiger partial charge < -0.3 is 25.4 Å². The Morgan fingerprint density at radius 2 is 2.10 bits per heavy atom. The predicted octanol–water partition coefficient (Wildman–Crippen LogP) is 2.77. The monoisotopic (exact) mass is 522 g/mol. The zero-order valence-electron chi connectivity index (χ0n) is 16.9. The van der Waals surface area contributed by atoms with Gasteiger partial charge in [-0.25, -0.2) is 9.38 Å². The normalized spacial score (nSPS) is 14.8. The third kappa shape index (κ3) is 11.3. The van der Waals surface area contributed by atoms with Gasteiger partial charge in [0.1, 0.15) is 12.4 Å². The maximum absolute atomic E-state index is 13.2. The molecule has 0 saturated carbocycles. The van der Waals surface area contributed by atoms with Gasteiger partial charge in [0.25, 0.3) is 0 Å². The highest BCUT2D eigenvalue weighted by Gasteiger charge is 2.13. The first-order valence-corrected chi connectivity index (χ1v) is 9.90. The van der Waals surface area contributed by atoms with Gasteiger partial charge in [0.15, 0.2) is 5.96 Å². The number of rotatable bonds is 10. The van der Waals surface area contributed by atoms with Gasteiger partial charge in [0.05, 0.1) is 0 Å². The number of hydrogen-bond donors (Lipinski definition) is 3. The van der Waals surface area contributed by atoms with Crippen LogP contribution in [0.15, 0.2) is 29.3 Å². The first kappa shape index (κ1) is 25.6. The molecule has 3 N–H and O–H groups in total. The number of anilines is 1. The summed E-state index contributed by atoms with van der Waals surface area (Å²) in [7, 11) is 0. The van der Waals surface area contributed by atoms with Crippen LogP contribution in [0.25, 0.3) is 0 Å². The molecule has 0 unspecified atom stereocenters. The molecule has 1 fully saturated rings. The van der Waals surface area contributed by atoms with E-state index in [4.69, 9.17) is 9.47 Å². The van der Waals surface area contributed by atoms with Crippen molar-refractivity contribution in [1.29, 1.82) is 0 Å². The number of nitrogens with zero attached hydrogens (tertiary/aromatic N) is 1. The first-order valence-electron chi connectivity index (χ1n) is 9.90. The Morgan fingerprint density at radius 1 is 1.31 bits per heavy atom. The topological polar surface area (TPSA) is 84.0 Å². The van der Waals surface area contributed by atoms with E-state index in [2.05, 4.69) is 20.9 Å². The number of hydrogen-bond acceptors (Lipinski definition) is 4. The van der Waals surface area contributed by atoms with Gasteiger partial charge in [-0.2, -0.15) is 0 Å². The molecule has 0 aromatic heterocycles. The summed E-state index contributed by atoms with van der Waals surface area (Å²) in [4.78, 5) is 16.2. The van der Waals surface area contributed by atoms with Crippen molar-refractivity contribution in [2.45, 2.75) is 26.2 Å². The van der Waals surface area contributed by atoms with Crippen molar-refractivity contribution in [3.8, 4) is 0 Å². The average molecular weight is 522 g/mol. The van der Waals surface area contributed by atoms with Gasteiger partial charge in [-0.05, 0) is 50.3 Å². The van der Waals surface area contributed by atoms with E-state index in [1.165, 1.54) is 12.1 Å². The fourth-order valence-electron chi connectivity index (χ4n) is 2.80. The van der Waals surface area contributed by atoms with E-state index in [-0.39, 0.29) is 36.4 Å². The van der Waals surface area contributed by atoms with Crippen LogP contribution in [0, 0.1) is 11.7 Å². The second-order valence-electron chi connectivity index (χ2n) is 6.66. The van der Waals surface area contributed by atoms with Crippen molar-refractivity contribution >= 4 is 41.5 Å². The number of carbonyl (C=O) groups excluding carboxylic acids is 1. The summed E-state index contributed by atoms with van der Waals surface area (Å²) in [5, 5.41) is 8.91. The molecule has 2 rings (SSSR count). The Labute approximate surface area is 189 Å². The third-order valence-electron chi connectivity index (χ3n) is 4.29. The number of amides is 1. The Morgan fingerprint density at radius 3 is 2.83 bits per heavy atom. The van der Waals surface area contributed by atoms with Crippen LogP contribution in [-0.4, -0.2) is 57.9 Å². The number of nitrogens with one attached hydrogen (secondary N) is 3. The van der Waals surface area contributed by atoms with Gasteiger partial charge in [0.2, 0.25) is 5.91 Å². The van der Waals surface area contributed by atoms with Gasteiger partial charge in [-0.3, -0.25) is 4.79 Å². The van der Waals surface area contributed by atoms with Crippen LogP contribution in [0.1, 0.15) is 26.2 Å². The number of benzene rings is 1. The van der Waals surface area contributed by atoms with E-state index >= 15 is 0 Å². The smallest absolute Gasteiger partial charge is 0.246 e. The SMILES string of the molecule is CCNC(=NCC(=O)Nc1cccc(F)c1)NCCCOCC1CCOCC1.I. The minimum absolute atomic E-state index is 0. The van der Waals surface area contributed by atoms with E-state index in [1.54, 1.807) is 12.1 Å². The molecule has 1 aliphatic rings. The van der Waals surface area contributed by atoms with Crippen molar-refractivity contribution in [2.24, 2.45) is 10.9 Å². The highest BCUT2D eigenvalue weighted by atomic mass is 127. The summed E-state index contributed by atoms with van der Waals surface area (Å²) in [6.07, 6.45) is 3.00. The Balaban J connectivity index is 0.00000420. The Kier molecular flexibility index (Phi) is 13.6. The molecular formula is C20H32FIN4O3. The molecule has 1 aromatic carbocycles. The van der Waals surface area contributed by atoms with Crippen molar-refractivity contribution in [2.75, 3.05) is 51.4 Å². The van der Waals surface area contributed by atoms with Crippen LogP contribution in [0.4, 0.5) is 10.1 Å². The van der Waals surface area contributed by atoms with Crippen molar-refractivity contribution < 1.29 is 18.7 Å². The quantitative estimate of drug-likeness (QED) is 0.191. The standard InChI is InChI=1S/C20H31FN4O3.HI/c1-2-22-20(23-9-4-10-28-15-16-7-11-27-12-8-16)24-14-19(26)25-18-6-3-5-17(21)13-18;/h3,5-6,13,16H,2,4,7-12,14-15H2,1H3,(H,25,26)(H2,22,23,24);1H. The van der Waals surface area contributed by atoms with Crippen LogP contribution in [0.5, 0.6) is 0 Å². The Bertz CT molecular complexity index is 627. The second kappa shape index (κ2) is 15.4. The average Bonchev–Trinajstić information content (AvgIpc) is 2.69.